The van der Waals surface area contributed by atoms with Crippen LogP contribution in [-0.4, -0.2) is 37.5 Å². The Morgan fingerprint density at radius 2 is 0.667 bits per heavy atom. The van der Waals surface area contributed by atoms with Crippen molar-refractivity contribution in [2.24, 2.45) is 0 Å². The van der Waals surface area contributed by atoms with Gasteiger partial charge < -0.3 is 32.9 Å². The summed E-state index contributed by atoms with van der Waals surface area (Å²) < 4.78 is 32.7. The van der Waals surface area contributed by atoms with Crippen LogP contribution in [0.2, 0.25) is 0 Å². The Bertz CT molecular complexity index is 25.3. The largest absolute Gasteiger partial charge is 0.412 e. The molecule has 12 heavy (non-hydrogen) atoms. The Morgan fingerprint density at radius 1 is 0.667 bits per heavy atom. The Labute approximate surface area is 79.2 Å². The maximum Gasteiger partial charge on any atom is 0.0777 e. The van der Waals surface area contributed by atoms with E-state index in [9.17, 15) is 0 Å². The van der Waals surface area contributed by atoms with E-state index in [0.717, 1.165) is 0 Å². The molecular weight excluding hydrogens is 254 g/mol. The van der Waals surface area contributed by atoms with Crippen molar-refractivity contribution in [1.82, 2.24) is 0 Å². The molecule has 0 saturated heterocycles. The van der Waals surface area contributed by atoms with Gasteiger partial charge in [-0.2, -0.15) is 14.0 Å². The fraction of sp³-hybridized carbons (Fsp3) is 0. The third-order valence-corrected chi connectivity index (χ3v) is 0. The fourth-order valence-electron chi connectivity index (χ4n) is 0. The van der Waals surface area contributed by atoms with Crippen LogP contribution in [-0.2, 0) is 16.8 Å². The second-order valence-corrected chi connectivity index (χ2v) is 1.19. The maximum absolute atomic E-state index is 8.60. The summed E-state index contributed by atoms with van der Waals surface area (Å²) >= 11 is 0. The van der Waals surface area contributed by atoms with E-state index in [4.69, 9.17) is 18.6 Å². The number of rotatable bonds is 0. The molecule has 0 saturated carbocycles. The van der Waals surface area contributed by atoms with E-state index in [2.05, 4.69) is 0 Å². The summed E-state index contributed by atoms with van der Waals surface area (Å²) in [5.74, 6) is 0. The van der Waals surface area contributed by atoms with Gasteiger partial charge in [-0.3, -0.25) is 0 Å². The Kier molecular flexibility index (Phi) is 209. The molecule has 0 rings (SSSR count). The first-order chi connectivity index (χ1) is 2.00. The van der Waals surface area contributed by atoms with Crippen LogP contribution in [0.4, 0.5) is 0 Å². The number of halogens is 1. The van der Waals surface area contributed by atoms with Gasteiger partial charge in [0.15, 0.2) is 0 Å². The summed E-state index contributed by atoms with van der Waals surface area (Å²) in [6, 6.07) is 0. The van der Waals surface area contributed by atoms with Gasteiger partial charge >= 0.3 is 0 Å². The molecule has 89 valence electrons. The Hall–Kier alpha value is 0.396. The van der Waals surface area contributed by atoms with Crippen molar-refractivity contribution in [3.63, 3.8) is 0 Å². The zero-order chi connectivity index (χ0) is 4.50. The van der Waals surface area contributed by atoms with Crippen molar-refractivity contribution in [3.05, 3.63) is 0 Å². The molecule has 0 bridgehead atoms. The van der Waals surface area contributed by atoms with Gasteiger partial charge in [0.05, 0.1) is 14.9 Å². The van der Waals surface area contributed by atoms with Crippen LogP contribution in [0.5, 0.6) is 0 Å². The van der Waals surface area contributed by atoms with E-state index in [1.54, 1.807) is 0 Å². The van der Waals surface area contributed by atoms with Crippen LogP contribution < -0.4 is 14.0 Å². The monoisotopic (exact) mass is 267 g/mol. The van der Waals surface area contributed by atoms with Crippen molar-refractivity contribution < 1.29 is 78.5 Å². The Morgan fingerprint density at radius 3 is 0.667 bits per heavy atom. The molecule has 0 aliphatic rings. The minimum atomic E-state index is -4.69. The third kappa shape index (κ3) is 5840. The maximum atomic E-state index is 8.60. The van der Waals surface area contributed by atoms with Crippen LogP contribution in [0.1, 0.15) is 0 Å². The molecule has 0 atom stereocenters. The van der Waals surface area contributed by atoms with Gasteiger partial charge in [-0.05, 0) is 0 Å². The van der Waals surface area contributed by atoms with Gasteiger partial charge in [0.1, 0.15) is 0 Å². The van der Waals surface area contributed by atoms with Crippen LogP contribution in [0.3, 0.4) is 0 Å². The van der Waals surface area contributed by atoms with Gasteiger partial charge in [0.2, 0.25) is 0 Å². The molecule has 12 heteroatoms. The number of hydrogen-bond donors (Lipinski definition) is 1. The first kappa shape index (κ1) is 83.3. The predicted octanol–water partition coefficient (Wildman–Crippen LogP) is -9.07. The van der Waals surface area contributed by atoms with Crippen LogP contribution >= 0.6 is 0 Å². The van der Waals surface area contributed by atoms with Crippen molar-refractivity contribution >= 4 is 0 Å². The van der Waals surface area contributed by atoms with E-state index in [1.165, 1.54) is 0 Å². The summed E-state index contributed by atoms with van der Waals surface area (Å²) in [6.07, 6.45) is 0. The normalized spacial score (nSPS) is 5.00. The fourth-order valence-corrected chi connectivity index (χ4v) is 0. The average molecular weight is 267 g/mol. The Balaban J connectivity index is -0.00000000381. The quantitative estimate of drug-likeness (QED) is 0.446. The molecule has 0 aromatic heterocycles. The minimum absolute atomic E-state index is 0. The molecule has 0 unspecified atom stereocenters. The smallest absolute Gasteiger partial charge is 0.0777 e. The molecule has 0 fully saturated rings. The predicted molar refractivity (Wildman–Crippen MR) is 23.9 cm³/mol. The second kappa shape index (κ2) is 30.1. The molecule has 0 amide bonds. The summed E-state index contributed by atoms with van der Waals surface area (Å²) in [7, 11) is -4.69. The van der Waals surface area contributed by atoms with Crippen molar-refractivity contribution in [3.8, 4) is 0 Å². The molecule has 0 aliphatic carbocycles. The van der Waals surface area contributed by atoms with Gasteiger partial charge in [-0.15, -0.1) is 0 Å². The van der Waals surface area contributed by atoms with Gasteiger partial charge in [0, 0.05) is 16.8 Å². The van der Waals surface area contributed by atoms with E-state index >= 15 is 0 Å². The molecule has 0 aromatic rings. The van der Waals surface area contributed by atoms with Gasteiger partial charge in [-0.25, -0.2) is 0 Å². The van der Waals surface area contributed by atoms with Crippen molar-refractivity contribution in [2.75, 3.05) is 0 Å². The van der Waals surface area contributed by atoms with Gasteiger partial charge in [-0.1, -0.05) is 0 Å². The zero-order valence-corrected chi connectivity index (χ0v) is 7.18. The first-order valence-electron chi connectivity index (χ1n) is 0.632. The summed E-state index contributed by atoms with van der Waals surface area (Å²) in [5.41, 5.74) is 0. The summed E-state index contributed by atoms with van der Waals surface area (Å²) in [5, 5.41) is 0. The van der Waals surface area contributed by atoms with E-state index < -0.39 is 10.2 Å². The summed E-state index contributed by atoms with van der Waals surface area (Å²) in [6.45, 7) is 0. The van der Waals surface area contributed by atoms with Crippen LogP contribution in [0.15, 0.2) is 0 Å². The minimum Gasteiger partial charge on any atom is -0.412 e. The third-order valence-electron chi connectivity index (χ3n) is 0. The molecular formula is H13ClCoO10. The zero-order valence-electron chi connectivity index (χ0n) is 5.38. The molecule has 13 N–H and O–H groups in total. The van der Waals surface area contributed by atoms with Crippen LogP contribution in [0, 0.1) is 10.2 Å². The summed E-state index contributed by atoms with van der Waals surface area (Å²) in [4.78, 5) is 0. The van der Waals surface area contributed by atoms with E-state index in [-0.39, 0.29) is 49.6 Å². The molecule has 0 aliphatic heterocycles. The van der Waals surface area contributed by atoms with Crippen molar-refractivity contribution in [1.29, 1.82) is 0 Å². The molecule has 0 aromatic carbocycles. The van der Waals surface area contributed by atoms with Gasteiger partial charge in [0.25, 0.3) is 0 Å². The standard InChI is InChI=1S/ClHO4.Co.6H2O/c2-1(3,4)5;;;;;;;/h(H,2,3,4,5);;6*1H2. The first-order valence-corrected chi connectivity index (χ1v) is 1.90. The number of hydrogen-bond acceptors (Lipinski definition) is 4. The van der Waals surface area contributed by atoms with Crippen LogP contribution in [0.25, 0.3) is 0 Å². The second-order valence-electron chi connectivity index (χ2n) is 0.396. The molecule has 1 radical (unpaired) electrons. The SMILES string of the molecule is O.O.O.O.O.O.[Co].[O-][Cl+3]([O-])([O-])O. The molecule has 0 heterocycles. The molecule has 10 nitrogen and oxygen atoms in total. The average Bonchev–Trinajstić information content (AvgIpc) is 0.722. The van der Waals surface area contributed by atoms with E-state index in [0.29, 0.717) is 0 Å². The topological polar surface area (TPSA) is 278 Å². The van der Waals surface area contributed by atoms with Crippen molar-refractivity contribution in [2.45, 2.75) is 0 Å². The van der Waals surface area contributed by atoms with E-state index in [1.807, 2.05) is 0 Å². The molecule has 0 spiro atoms.